The van der Waals surface area contributed by atoms with Crippen LogP contribution in [0.3, 0.4) is 0 Å². The van der Waals surface area contributed by atoms with Crippen molar-refractivity contribution in [3.05, 3.63) is 42.1 Å². The molecule has 0 radical (unpaired) electrons. The minimum atomic E-state index is 0.152. The molecule has 0 saturated carbocycles. The summed E-state index contributed by atoms with van der Waals surface area (Å²) < 4.78 is 0. The van der Waals surface area contributed by atoms with Crippen molar-refractivity contribution in [3.63, 3.8) is 0 Å². The fraction of sp³-hybridized carbons (Fsp3) is 0.400. The number of fused-ring (bicyclic) bond motifs is 1. The van der Waals surface area contributed by atoms with E-state index in [0.717, 1.165) is 19.3 Å². The number of nitrogens with zero attached hydrogens (tertiary/aromatic N) is 1. The Morgan fingerprint density at radius 2 is 2.00 bits per heavy atom. The van der Waals surface area contributed by atoms with Crippen molar-refractivity contribution in [3.8, 4) is 0 Å². The summed E-state index contributed by atoms with van der Waals surface area (Å²) in [7, 11) is 0. The number of anilines is 1. The molecule has 2 atom stereocenters. The van der Waals surface area contributed by atoms with Crippen LogP contribution in [-0.2, 0) is 4.79 Å². The van der Waals surface area contributed by atoms with Gasteiger partial charge in [-0.25, -0.2) is 0 Å². The van der Waals surface area contributed by atoms with Gasteiger partial charge < -0.3 is 4.90 Å². The van der Waals surface area contributed by atoms with Crippen LogP contribution in [0.15, 0.2) is 42.1 Å². The second-order valence-corrected chi connectivity index (χ2v) is 4.98. The fourth-order valence-electron chi connectivity index (χ4n) is 3.06. The smallest absolute Gasteiger partial charge is 0.142 e. The topological polar surface area (TPSA) is 20.3 Å². The third-order valence-corrected chi connectivity index (χ3v) is 3.82. The molecular weight excluding hydrogens is 210 g/mol. The molecule has 3 rings (SSSR count). The quantitative estimate of drug-likeness (QED) is 0.734. The Kier molecular flexibility index (Phi) is 2.50. The molecule has 1 aromatic rings. The van der Waals surface area contributed by atoms with Crippen molar-refractivity contribution in [1.82, 2.24) is 0 Å². The second-order valence-electron chi connectivity index (χ2n) is 4.98. The average Bonchev–Trinajstić information content (AvgIpc) is 2.68. The molecule has 1 aliphatic heterocycles. The normalized spacial score (nSPS) is 27.9. The maximum Gasteiger partial charge on any atom is 0.142 e. The largest absolute Gasteiger partial charge is 0.342 e. The van der Waals surface area contributed by atoms with Gasteiger partial charge in [-0.15, -0.1) is 0 Å². The molecule has 1 aromatic carbocycles. The summed E-state index contributed by atoms with van der Waals surface area (Å²) in [5, 5.41) is 0. The molecule has 0 bridgehead atoms. The van der Waals surface area contributed by atoms with Crippen LogP contribution in [0.25, 0.3) is 0 Å². The Bertz CT molecular complexity index is 463. The molecule has 2 nitrogen and oxygen atoms in total. The van der Waals surface area contributed by atoms with Crippen molar-refractivity contribution in [1.29, 1.82) is 0 Å². The van der Waals surface area contributed by atoms with Crippen LogP contribution < -0.4 is 4.90 Å². The Hall–Kier alpha value is -1.57. The molecule has 0 N–H and O–H groups in total. The summed E-state index contributed by atoms with van der Waals surface area (Å²) in [5.74, 6) is 0.576. The number of ketones is 1. The van der Waals surface area contributed by atoms with Crippen molar-refractivity contribution >= 4 is 11.5 Å². The van der Waals surface area contributed by atoms with E-state index in [9.17, 15) is 4.79 Å². The number of hydrogen-bond acceptors (Lipinski definition) is 2. The minimum absolute atomic E-state index is 0.152. The van der Waals surface area contributed by atoms with E-state index in [2.05, 4.69) is 42.2 Å². The van der Waals surface area contributed by atoms with E-state index >= 15 is 0 Å². The first-order chi connectivity index (χ1) is 8.27. The highest BCUT2D eigenvalue weighted by Gasteiger charge is 2.39. The number of para-hydroxylation sites is 1. The van der Waals surface area contributed by atoms with Gasteiger partial charge in [-0.3, -0.25) is 4.79 Å². The summed E-state index contributed by atoms with van der Waals surface area (Å²) >= 11 is 0. The third-order valence-electron chi connectivity index (χ3n) is 3.82. The highest BCUT2D eigenvalue weighted by molar-refractivity contribution is 5.87. The molecule has 1 fully saturated rings. The maximum atomic E-state index is 11.9. The lowest BCUT2D eigenvalue weighted by Crippen LogP contribution is -2.27. The Morgan fingerprint density at radius 3 is 2.76 bits per heavy atom. The maximum absolute atomic E-state index is 11.9. The zero-order valence-electron chi connectivity index (χ0n) is 10.1. The molecule has 17 heavy (non-hydrogen) atoms. The van der Waals surface area contributed by atoms with Crippen molar-refractivity contribution in [2.24, 2.45) is 5.92 Å². The van der Waals surface area contributed by atoms with Gasteiger partial charge in [0, 0.05) is 23.8 Å². The first-order valence-corrected chi connectivity index (χ1v) is 6.34. The van der Waals surface area contributed by atoms with Gasteiger partial charge in [0.15, 0.2) is 0 Å². The molecule has 2 heteroatoms. The molecule has 1 heterocycles. The van der Waals surface area contributed by atoms with Gasteiger partial charge in [0.05, 0.1) is 5.92 Å². The van der Waals surface area contributed by atoms with Crippen LogP contribution in [0.4, 0.5) is 5.69 Å². The Labute approximate surface area is 102 Å². The van der Waals surface area contributed by atoms with Crippen LogP contribution in [-0.4, -0.2) is 11.8 Å². The summed E-state index contributed by atoms with van der Waals surface area (Å²) in [5.41, 5.74) is 2.45. The Morgan fingerprint density at radius 1 is 1.24 bits per heavy atom. The number of rotatable bonds is 1. The lowest BCUT2D eigenvalue weighted by Gasteiger charge is -2.27. The molecule has 0 amide bonds. The first-order valence-electron chi connectivity index (χ1n) is 6.34. The number of benzene rings is 1. The summed E-state index contributed by atoms with van der Waals surface area (Å²) in [6.45, 7) is 2.21. The molecule has 0 aromatic heterocycles. The van der Waals surface area contributed by atoms with Gasteiger partial charge >= 0.3 is 0 Å². The molecular formula is C15H17NO. The highest BCUT2D eigenvalue weighted by atomic mass is 16.1. The fourth-order valence-corrected chi connectivity index (χ4v) is 3.06. The number of Topliss-reactive ketones (excluding diaryl/α,β-unsaturated/α-hetero) is 1. The molecule has 1 saturated heterocycles. The number of allylic oxidation sites excluding steroid dienone is 2. The van der Waals surface area contributed by atoms with Gasteiger partial charge in [-0.2, -0.15) is 0 Å². The number of carbonyl (C=O) groups excluding carboxylic acids is 1. The monoisotopic (exact) mass is 227 g/mol. The number of carbonyl (C=O) groups is 1. The predicted octanol–water partition coefficient (Wildman–Crippen LogP) is 3.15. The Balaban J connectivity index is 2.00. The van der Waals surface area contributed by atoms with E-state index in [-0.39, 0.29) is 5.92 Å². The van der Waals surface area contributed by atoms with Crippen LogP contribution in [0.1, 0.15) is 26.2 Å². The van der Waals surface area contributed by atoms with Gasteiger partial charge in [0.25, 0.3) is 0 Å². The van der Waals surface area contributed by atoms with Gasteiger partial charge in [-0.1, -0.05) is 24.3 Å². The van der Waals surface area contributed by atoms with Crippen LogP contribution >= 0.6 is 0 Å². The van der Waals surface area contributed by atoms with E-state index in [0.29, 0.717) is 11.8 Å². The van der Waals surface area contributed by atoms with E-state index in [4.69, 9.17) is 0 Å². The second kappa shape index (κ2) is 4.02. The van der Waals surface area contributed by atoms with E-state index in [1.165, 1.54) is 11.4 Å². The molecule has 88 valence electrons. The zero-order valence-corrected chi connectivity index (χ0v) is 10.1. The van der Waals surface area contributed by atoms with Gasteiger partial charge in [0.2, 0.25) is 0 Å². The third kappa shape index (κ3) is 1.68. The van der Waals surface area contributed by atoms with Crippen molar-refractivity contribution < 1.29 is 4.79 Å². The van der Waals surface area contributed by atoms with Crippen molar-refractivity contribution in [2.45, 2.75) is 32.2 Å². The van der Waals surface area contributed by atoms with E-state index in [1.807, 2.05) is 6.07 Å². The van der Waals surface area contributed by atoms with Gasteiger partial charge in [0.1, 0.15) is 5.78 Å². The molecule has 2 unspecified atom stereocenters. The summed E-state index contributed by atoms with van der Waals surface area (Å²) in [6.07, 6.45) is 4.85. The summed E-state index contributed by atoms with van der Waals surface area (Å²) in [6, 6.07) is 10.8. The minimum Gasteiger partial charge on any atom is -0.342 e. The van der Waals surface area contributed by atoms with Crippen LogP contribution in [0.5, 0.6) is 0 Å². The number of hydrogen-bond donors (Lipinski definition) is 0. The van der Waals surface area contributed by atoms with E-state index in [1.54, 1.807) is 0 Å². The van der Waals surface area contributed by atoms with Crippen LogP contribution in [0.2, 0.25) is 0 Å². The highest BCUT2D eigenvalue weighted by Crippen LogP contribution is 2.40. The average molecular weight is 227 g/mol. The molecule has 1 aliphatic carbocycles. The van der Waals surface area contributed by atoms with E-state index < -0.39 is 0 Å². The lowest BCUT2D eigenvalue weighted by molar-refractivity contribution is -0.121. The predicted molar refractivity (Wildman–Crippen MR) is 68.8 cm³/mol. The zero-order chi connectivity index (χ0) is 11.8. The SMILES string of the molecule is CC1CC2C(=O)CCC=C2N1c1ccccc1. The standard InChI is InChI=1S/C15H17NO/c1-11-10-13-14(8-5-9-15(13)17)16(11)12-6-3-2-4-7-12/h2-4,6-8,11,13H,5,9-10H2,1H3. The van der Waals surface area contributed by atoms with Gasteiger partial charge in [-0.05, 0) is 31.9 Å². The van der Waals surface area contributed by atoms with Crippen LogP contribution in [0, 0.1) is 5.92 Å². The lowest BCUT2D eigenvalue weighted by atomic mass is 9.90. The first kappa shape index (κ1) is 10.6. The molecule has 2 aliphatic rings. The molecule has 0 spiro atoms. The van der Waals surface area contributed by atoms with Crippen molar-refractivity contribution in [2.75, 3.05) is 4.90 Å². The summed E-state index contributed by atoms with van der Waals surface area (Å²) in [4.78, 5) is 14.3.